The number of hydrogen-bond donors (Lipinski definition) is 0. The fraction of sp³-hybridized carbons (Fsp3) is 0.833. The van der Waals surface area contributed by atoms with Crippen LogP contribution in [0.25, 0.3) is 0 Å². The van der Waals surface area contributed by atoms with E-state index in [0.29, 0.717) is 0 Å². The summed E-state index contributed by atoms with van der Waals surface area (Å²) in [6.07, 6.45) is 0. The first-order valence-corrected chi connectivity index (χ1v) is 5.84. The maximum Gasteiger partial charge on any atom is 0.353 e. The topological polar surface area (TPSA) is 176 Å². The van der Waals surface area contributed by atoms with Crippen molar-refractivity contribution in [2.75, 3.05) is 13.7 Å². The third-order valence-corrected chi connectivity index (χ3v) is 3.00. The maximum atomic E-state index is 13.4. The monoisotopic (exact) mass is 437 g/mol. The first kappa shape index (κ1) is 25.0. The Morgan fingerprint density at radius 2 is 1.29 bits per heavy atom. The van der Waals surface area contributed by atoms with Gasteiger partial charge in [-0.2, -0.15) is 0 Å². The molecule has 0 aliphatic heterocycles. The van der Waals surface area contributed by atoms with Crippen LogP contribution in [0.3, 0.4) is 0 Å². The van der Waals surface area contributed by atoms with Crippen LogP contribution in [-0.4, -0.2) is 56.8 Å². The zero-order valence-electron chi connectivity index (χ0n) is 12.9. The van der Waals surface area contributed by atoms with Gasteiger partial charge in [-0.05, 0) is 6.92 Å². The summed E-state index contributed by atoms with van der Waals surface area (Å²) < 4.78 is 83.9. The number of hydrogen-bond acceptors (Lipinski definition) is 13. The summed E-state index contributed by atoms with van der Waals surface area (Å²) in [6, 6.07) is 0. The quantitative estimate of drug-likeness (QED) is 0.129. The summed E-state index contributed by atoms with van der Waals surface area (Å²) >= 11 is 0. The molecule has 0 heterocycles. The molecular weight excluding hydrogens is 430 g/mol. The first-order chi connectivity index (χ1) is 12.6. The first-order valence-electron chi connectivity index (χ1n) is 5.84. The number of rotatable bonds is 13. The van der Waals surface area contributed by atoms with Gasteiger partial charge in [0.2, 0.25) is 0 Å². The Hall–Kier alpha value is -2.98. The van der Waals surface area contributed by atoms with Crippen molar-refractivity contribution in [2.24, 2.45) is 5.41 Å². The normalized spacial score (nSPS) is 16.4. The van der Waals surface area contributed by atoms with Crippen LogP contribution < -0.4 is 0 Å². The largest absolute Gasteiger partial charge is 0.353 e. The summed E-state index contributed by atoms with van der Waals surface area (Å²) in [5, 5.41) is 16.2. The predicted molar refractivity (Wildman–Crippen MR) is 61.5 cm³/mol. The van der Waals surface area contributed by atoms with Crippen LogP contribution in [0.5, 0.6) is 0 Å². The lowest BCUT2D eigenvalue weighted by Crippen LogP contribution is -2.76. The average molecular weight is 437 g/mol. The minimum atomic E-state index is -5.45. The van der Waals surface area contributed by atoms with E-state index in [1.807, 2.05) is 0 Å². The van der Waals surface area contributed by atoms with Crippen molar-refractivity contribution in [1.82, 2.24) is 16.0 Å². The minimum absolute atomic E-state index is 0.0281. The van der Waals surface area contributed by atoms with E-state index in [1.54, 1.807) is 0 Å². The van der Waals surface area contributed by atoms with Gasteiger partial charge in [0.25, 0.3) is 15.3 Å². The molecule has 1 radical (unpaired) electrons. The van der Waals surface area contributed by atoms with Gasteiger partial charge in [-0.15, -0.1) is 30.3 Å². The second-order valence-electron chi connectivity index (χ2n) is 4.30. The van der Waals surface area contributed by atoms with Crippen LogP contribution in [0.1, 0.15) is 0 Å². The standard InChI is InChI=1S/C6H7F6N6O10/c1-4(3-26-16(19)20,6(25-2,15(11)12)28-18(23)24)5(13(7)8,14(9)10)27-17(21)22/h1,3H2,2H3. The van der Waals surface area contributed by atoms with Gasteiger partial charge < -0.3 is 9.57 Å². The molecule has 22 heteroatoms. The van der Waals surface area contributed by atoms with Gasteiger partial charge in [-0.3, -0.25) is 9.68 Å². The number of methoxy groups -OCH3 is 1. The molecule has 0 aromatic heterocycles. The summed E-state index contributed by atoms with van der Waals surface area (Å²) in [7, 11) is 0.0281. The molecule has 0 bridgehead atoms. The SMILES string of the molecule is [CH2]C(CO[N+](=O)[O-])(C(OC)(O[N+](=O)[O-])N(F)F)C(O[N+](=O)[O-])(N(F)F)N(F)F. The van der Waals surface area contributed by atoms with Crippen LogP contribution >= 0.6 is 0 Å². The predicted octanol–water partition coefficient (Wildman–Crippen LogP) is 0.599. The van der Waals surface area contributed by atoms with Gasteiger partial charge >= 0.3 is 11.8 Å². The molecular formula is C6H7F6N6O10. The zero-order chi connectivity index (χ0) is 22.5. The second-order valence-corrected chi connectivity index (χ2v) is 4.30. The Labute approximate surface area is 147 Å². The van der Waals surface area contributed by atoms with Gasteiger partial charge in [0.15, 0.2) is 0 Å². The van der Waals surface area contributed by atoms with Crippen molar-refractivity contribution < 1.29 is 61.4 Å². The minimum Gasteiger partial charge on any atom is -0.337 e. The molecule has 0 aromatic rings. The molecule has 0 N–H and O–H groups in total. The highest BCUT2D eigenvalue weighted by Gasteiger charge is 2.78. The van der Waals surface area contributed by atoms with Crippen molar-refractivity contribution >= 4 is 0 Å². The van der Waals surface area contributed by atoms with Crippen LogP contribution in [0.2, 0.25) is 0 Å². The molecule has 2 unspecified atom stereocenters. The molecule has 16 nitrogen and oxygen atoms in total. The molecule has 0 aromatic carbocycles. The molecule has 0 fully saturated rings. The number of halogens is 6. The second kappa shape index (κ2) is 8.81. The molecule has 28 heavy (non-hydrogen) atoms. The third kappa shape index (κ3) is 4.12. The third-order valence-electron chi connectivity index (χ3n) is 3.00. The van der Waals surface area contributed by atoms with Gasteiger partial charge in [0, 0.05) is 7.11 Å². The van der Waals surface area contributed by atoms with E-state index >= 15 is 0 Å². The Morgan fingerprint density at radius 3 is 1.54 bits per heavy atom. The van der Waals surface area contributed by atoms with Gasteiger partial charge in [0.1, 0.15) is 12.0 Å². The highest BCUT2D eigenvalue weighted by molar-refractivity contribution is 5.03. The Kier molecular flexibility index (Phi) is 7.87. The fourth-order valence-corrected chi connectivity index (χ4v) is 1.87. The summed E-state index contributed by atoms with van der Waals surface area (Å²) in [5.41, 5.74) is -4.60. The molecule has 0 spiro atoms. The Bertz CT molecular complexity index is 591. The maximum absolute atomic E-state index is 13.4. The lowest BCUT2D eigenvalue weighted by molar-refractivity contribution is -0.854. The number of nitrogens with zero attached hydrogens (tertiary/aromatic N) is 6. The zero-order valence-corrected chi connectivity index (χ0v) is 12.9. The fourth-order valence-electron chi connectivity index (χ4n) is 1.87. The molecule has 163 valence electrons. The van der Waals surface area contributed by atoms with Gasteiger partial charge in [-0.25, -0.2) is 0 Å². The van der Waals surface area contributed by atoms with E-state index in [4.69, 9.17) is 0 Å². The highest BCUT2D eigenvalue weighted by atomic mass is 19.4. The lowest BCUT2D eigenvalue weighted by atomic mass is 9.80. The Balaban J connectivity index is 7.17. The molecule has 2 atom stereocenters. The van der Waals surface area contributed by atoms with Crippen molar-refractivity contribution in [3.63, 3.8) is 0 Å². The van der Waals surface area contributed by atoms with E-state index in [-0.39, 0.29) is 7.11 Å². The van der Waals surface area contributed by atoms with Crippen LogP contribution in [-0.2, 0) is 19.2 Å². The van der Waals surface area contributed by atoms with Gasteiger partial charge in [-0.1, -0.05) is 26.9 Å². The van der Waals surface area contributed by atoms with E-state index in [0.717, 1.165) is 0 Å². The smallest absolute Gasteiger partial charge is 0.337 e. The van der Waals surface area contributed by atoms with E-state index < -0.39 is 55.1 Å². The summed E-state index contributed by atoms with van der Waals surface area (Å²) in [5.74, 6) is -10.3. The molecule has 0 aliphatic rings. The molecule has 0 amide bonds. The van der Waals surface area contributed by atoms with E-state index in [1.165, 1.54) is 0 Å². The average Bonchev–Trinajstić information content (AvgIpc) is 2.53. The van der Waals surface area contributed by atoms with Crippen molar-refractivity contribution in [3.05, 3.63) is 37.3 Å². The molecule has 0 saturated heterocycles. The van der Waals surface area contributed by atoms with Crippen molar-refractivity contribution in [1.29, 1.82) is 0 Å². The summed E-state index contributed by atoms with van der Waals surface area (Å²) in [4.78, 5) is 41.1. The van der Waals surface area contributed by atoms with Crippen molar-refractivity contribution in [3.8, 4) is 0 Å². The lowest BCUT2D eigenvalue weighted by Gasteiger charge is -2.50. The molecule has 0 rings (SSSR count). The van der Waals surface area contributed by atoms with E-state index in [2.05, 4.69) is 26.2 Å². The van der Waals surface area contributed by atoms with Crippen LogP contribution in [0.4, 0.5) is 26.9 Å². The molecule has 0 aliphatic carbocycles. The van der Waals surface area contributed by atoms with Crippen molar-refractivity contribution in [2.45, 2.75) is 11.8 Å². The Morgan fingerprint density at radius 1 is 0.857 bits per heavy atom. The number of ether oxygens (including phenoxy) is 1. The van der Waals surface area contributed by atoms with E-state index in [9.17, 15) is 57.2 Å². The summed E-state index contributed by atoms with van der Waals surface area (Å²) in [6.45, 7) is -0.143. The van der Waals surface area contributed by atoms with Gasteiger partial charge in [0.05, 0.1) is 16.0 Å². The van der Waals surface area contributed by atoms with Crippen LogP contribution in [0.15, 0.2) is 0 Å². The highest BCUT2D eigenvalue weighted by Crippen LogP contribution is 2.52. The molecule has 0 saturated carbocycles. The van der Waals surface area contributed by atoms with Crippen LogP contribution in [0, 0.1) is 42.7 Å².